The molecule has 1 aliphatic rings. The summed E-state index contributed by atoms with van der Waals surface area (Å²) in [6, 6.07) is 12.7. The van der Waals surface area contributed by atoms with Gasteiger partial charge in [0.05, 0.1) is 22.3 Å². The molecule has 8 heteroatoms. The van der Waals surface area contributed by atoms with Crippen LogP contribution in [0.5, 0.6) is 0 Å². The lowest BCUT2D eigenvalue weighted by atomic mass is 10.0. The van der Waals surface area contributed by atoms with Crippen molar-refractivity contribution in [2.75, 3.05) is 25.5 Å². The molecular weight excluding hydrogens is 392 g/mol. The number of hydrogen-bond donors (Lipinski definition) is 1. The van der Waals surface area contributed by atoms with Gasteiger partial charge >= 0.3 is 0 Å². The van der Waals surface area contributed by atoms with Crippen molar-refractivity contribution in [3.8, 4) is 11.3 Å². The minimum atomic E-state index is 0.0316. The first-order valence-corrected chi connectivity index (χ1v) is 9.79. The fourth-order valence-corrected chi connectivity index (χ4v) is 3.87. The number of benzene rings is 1. The number of piperidine rings is 1. The lowest BCUT2D eigenvalue weighted by Crippen LogP contribution is -2.40. The number of carbonyl (C=O) groups is 2. The van der Waals surface area contributed by atoms with E-state index < -0.39 is 0 Å². The molecule has 0 aliphatic carbocycles. The normalized spacial score (nSPS) is 14.9. The van der Waals surface area contributed by atoms with Crippen LogP contribution in [0.25, 0.3) is 16.8 Å². The minimum absolute atomic E-state index is 0.0316. The molecule has 3 heterocycles. The lowest BCUT2D eigenvalue weighted by molar-refractivity contribution is -0.105. The molecule has 1 aromatic carbocycles. The Balaban J connectivity index is 1.55. The maximum Gasteiger partial charge on any atom is 0.253 e. The maximum absolute atomic E-state index is 12.7. The summed E-state index contributed by atoms with van der Waals surface area (Å²) in [6.45, 7) is 1.41. The van der Waals surface area contributed by atoms with Crippen LogP contribution >= 0.6 is 11.6 Å². The second kappa shape index (κ2) is 8.23. The molecular formula is C21H21ClN4O3. The van der Waals surface area contributed by atoms with Gasteiger partial charge in [-0.1, -0.05) is 23.7 Å². The third-order valence-corrected chi connectivity index (χ3v) is 5.57. The fraction of sp³-hybridized carbons (Fsp3) is 0.286. The number of ether oxygens (including phenoxy) is 1. The number of methoxy groups -OCH3 is 1. The van der Waals surface area contributed by atoms with Gasteiger partial charge in [0.1, 0.15) is 5.82 Å². The molecule has 3 aromatic rings. The molecule has 0 atom stereocenters. The Hall–Kier alpha value is -2.90. The highest BCUT2D eigenvalue weighted by atomic mass is 35.5. The number of amides is 2. The summed E-state index contributed by atoms with van der Waals surface area (Å²) in [6.07, 6.45) is 2.55. The van der Waals surface area contributed by atoms with Crippen LogP contribution in [0.15, 0.2) is 42.5 Å². The van der Waals surface area contributed by atoms with Crippen LogP contribution in [0.3, 0.4) is 0 Å². The van der Waals surface area contributed by atoms with E-state index in [4.69, 9.17) is 16.3 Å². The highest BCUT2D eigenvalue weighted by molar-refractivity contribution is 6.34. The van der Waals surface area contributed by atoms with Crippen molar-refractivity contribution in [1.82, 2.24) is 14.5 Å². The summed E-state index contributed by atoms with van der Waals surface area (Å²) in [4.78, 5) is 25.4. The zero-order chi connectivity index (χ0) is 20.4. The van der Waals surface area contributed by atoms with Crippen molar-refractivity contribution in [2.45, 2.75) is 18.9 Å². The highest BCUT2D eigenvalue weighted by Crippen LogP contribution is 2.27. The molecule has 0 spiro atoms. The molecule has 4 rings (SSSR count). The third kappa shape index (κ3) is 3.83. The molecule has 1 N–H and O–H groups in total. The molecule has 0 radical (unpaired) electrons. The number of rotatable bonds is 5. The van der Waals surface area contributed by atoms with Gasteiger partial charge in [-0.3, -0.25) is 9.59 Å². The number of anilines is 1. The monoisotopic (exact) mass is 412 g/mol. The first kappa shape index (κ1) is 19.4. The molecule has 2 aromatic heterocycles. The number of nitrogens with zero attached hydrogens (tertiary/aromatic N) is 3. The SMILES string of the molecule is COC1CCN(C(=O)c2ccc(-c3ccc4c(Cl)cc(NC=O)n4n3)cc2)CC1. The third-order valence-electron chi connectivity index (χ3n) is 5.27. The van der Waals surface area contributed by atoms with Crippen molar-refractivity contribution in [2.24, 2.45) is 0 Å². The molecule has 0 bridgehead atoms. The van der Waals surface area contributed by atoms with Crippen LogP contribution in [-0.2, 0) is 9.53 Å². The fourth-order valence-electron chi connectivity index (χ4n) is 3.62. The first-order chi connectivity index (χ1) is 14.1. The van der Waals surface area contributed by atoms with Crippen molar-refractivity contribution in [3.05, 3.63) is 53.1 Å². The molecule has 1 saturated heterocycles. The van der Waals surface area contributed by atoms with Crippen LogP contribution < -0.4 is 5.32 Å². The molecule has 150 valence electrons. The van der Waals surface area contributed by atoms with E-state index in [1.807, 2.05) is 41.3 Å². The second-order valence-corrected chi connectivity index (χ2v) is 7.37. The van der Waals surface area contributed by atoms with Gasteiger partial charge in [-0.05, 0) is 37.1 Å². The predicted molar refractivity (Wildman–Crippen MR) is 111 cm³/mol. The smallest absolute Gasteiger partial charge is 0.253 e. The average molecular weight is 413 g/mol. The lowest BCUT2D eigenvalue weighted by Gasteiger charge is -2.31. The van der Waals surface area contributed by atoms with Crippen molar-refractivity contribution >= 4 is 35.3 Å². The predicted octanol–water partition coefficient (Wildman–Crippen LogP) is 3.47. The molecule has 7 nitrogen and oxygen atoms in total. The summed E-state index contributed by atoms with van der Waals surface area (Å²) < 4.78 is 6.95. The Morgan fingerprint density at radius 3 is 2.59 bits per heavy atom. The largest absolute Gasteiger partial charge is 0.381 e. The number of nitrogens with one attached hydrogen (secondary N) is 1. The van der Waals surface area contributed by atoms with E-state index in [9.17, 15) is 9.59 Å². The van der Waals surface area contributed by atoms with E-state index in [2.05, 4.69) is 10.4 Å². The molecule has 1 aliphatic heterocycles. The van der Waals surface area contributed by atoms with Crippen molar-refractivity contribution in [3.63, 3.8) is 0 Å². The zero-order valence-electron chi connectivity index (χ0n) is 16.0. The molecule has 0 saturated carbocycles. The Bertz CT molecular complexity index is 1040. The number of likely N-dealkylation sites (tertiary alicyclic amines) is 1. The number of aromatic nitrogens is 2. The Morgan fingerprint density at radius 2 is 1.93 bits per heavy atom. The number of carbonyl (C=O) groups excluding carboxylic acids is 2. The number of hydrogen-bond acceptors (Lipinski definition) is 4. The van der Waals surface area contributed by atoms with E-state index in [1.165, 1.54) is 0 Å². The summed E-state index contributed by atoms with van der Waals surface area (Å²) in [5.41, 5.74) is 2.92. The zero-order valence-corrected chi connectivity index (χ0v) is 16.7. The van der Waals surface area contributed by atoms with E-state index in [-0.39, 0.29) is 12.0 Å². The van der Waals surface area contributed by atoms with Crippen LogP contribution in [0, 0.1) is 0 Å². The van der Waals surface area contributed by atoms with E-state index in [0.717, 1.165) is 18.4 Å². The van der Waals surface area contributed by atoms with E-state index in [0.29, 0.717) is 47.1 Å². The second-order valence-electron chi connectivity index (χ2n) is 6.96. The minimum Gasteiger partial charge on any atom is -0.381 e. The molecule has 29 heavy (non-hydrogen) atoms. The van der Waals surface area contributed by atoms with Gasteiger partial charge < -0.3 is 15.0 Å². The van der Waals surface area contributed by atoms with Crippen LogP contribution in [0.1, 0.15) is 23.2 Å². The highest BCUT2D eigenvalue weighted by Gasteiger charge is 2.23. The van der Waals surface area contributed by atoms with Gasteiger partial charge in [0.25, 0.3) is 5.91 Å². The van der Waals surface area contributed by atoms with Gasteiger partial charge in [-0.25, -0.2) is 4.52 Å². The van der Waals surface area contributed by atoms with Gasteiger partial charge in [-0.2, -0.15) is 5.10 Å². The first-order valence-electron chi connectivity index (χ1n) is 9.41. The summed E-state index contributed by atoms with van der Waals surface area (Å²) in [5.74, 6) is 0.525. The van der Waals surface area contributed by atoms with Crippen molar-refractivity contribution < 1.29 is 14.3 Å². The van der Waals surface area contributed by atoms with Gasteiger partial charge in [0.15, 0.2) is 0 Å². The van der Waals surface area contributed by atoms with Crippen LogP contribution in [0.4, 0.5) is 5.82 Å². The molecule has 1 fully saturated rings. The van der Waals surface area contributed by atoms with Gasteiger partial charge in [0, 0.05) is 37.4 Å². The Morgan fingerprint density at radius 1 is 1.21 bits per heavy atom. The molecule has 2 amide bonds. The van der Waals surface area contributed by atoms with Gasteiger partial charge in [0.2, 0.25) is 6.41 Å². The number of halogens is 1. The van der Waals surface area contributed by atoms with Gasteiger partial charge in [-0.15, -0.1) is 0 Å². The summed E-state index contributed by atoms with van der Waals surface area (Å²) >= 11 is 6.19. The topological polar surface area (TPSA) is 75.9 Å². The molecule has 0 unspecified atom stereocenters. The van der Waals surface area contributed by atoms with E-state index in [1.54, 1.807) is 17.7 Å². The average Bonchev–Trinajstić information content (AvgIpc) is 3.08. The van der Waals surface area contributed by atoms with Crippen LogP contribution in [0.2, 0.25) is 5.02 Å². The van der Waals surface area contributed by atoms with Crippen molar-refractivity contribution in [1.29, 1.82) is 0 Å². The maximum atomic E-state index is 12.7. The van der Waals surface area contributed by atoms with E-state index >= 15 is 0 Å². The Kier molecular flexibility index (Phi) is 5.51. The Labute approximate surface area is 173 Å². The summed E-state index contributed by atoms with van der Waals surface area (Å²) in [7, 11) is 1.71. The summed E-state index contributed by atoms with van der Waals surface area (Å²) in [5, 5.41) is 7.67. The van der Waals surface area contributed by atoms with Crippen LogP contribution in [-0.4, -0.2) is 53.1 Å². The number of fused-ring (bicyclic) bond motifs is 1. The quantitative estimate of drug-likeness (QED) is 0.651. The standard InChI is InChI=1S/C21H21ClN4O3/c1-29-16-8-10-25(11-9-16)21(28)15-4-2-14(3-5-15)18-6-7-19-17(22)12-20(23-13-27)26(19)24-18/h2-7,12-13,16H,8-11H2,1H3,(H,23,27).